The zero-order chi connectivity index (χ0) is 11.5. The molecule has 0 bridgehead atoms. The van der Waals surface area contributed by atoms with E-state index in [0.717, 1.165) is 45.4 Å². The molecule has 0 N–H and O–H groups in total. The Morgan fingerprint density at radius 3 is 2.94 bits per heavy atom. The molecule has 1 saturated carbocycles. The highest BCUT2D eigenvalue weighted by atomic mass is 16.5. The van der Waals surface area contributed by atoms with Crippen LogP contribution in [-0.4, -0.2) is 42.5 Å². The minimum Gasteiger partial charge on any atom is -0.376 e. The first-order chi connectivity index (χ1) is 7.70. The number of carbonyl (C=O) groups excluding carboxylic acids is 1. The van der Waals surface area contributed by atoms with Gasteiger partial charge in [0.1, 0.15) is 5.78 Å². The van der Waals surface area contributed by atoms with Crippen molar-refractivity contribution < 1.29 is 9.53 Å². The quantitative estimate of drug-likeness (QED) is 0.734. The summed E-state index contributed by atoms with van der Waals surface area (Å²) in [7, 11) is 0. The third-order valence-electron chi connectivity index (χ3n) is 3.94. The second-order valence-electron chi connectivity index (χ2n) is 5.22. The van der Waals surface area contributed by atoms with Crippen molar-refractivity contribution >= 4 is 5.78 Å². The minimum atomic E-state index is 0.305. The summed E-state index contributed by atoms with van der Waals surface area (Å²) in [4.78, 5) is 14.1. The lowest BCUT2D eigenvalue weighted by molar-refractivity contribution is -0.122. The van der Waals surface area contributed by atoms with Crippen LogP contribution >= 0.6 is 0 Å². The SMILES string of the molecule is CCC1COC(C)CN1CC1CCCC1=O. The molecule has 0 aromatic heterocycles. The molecule has 16 heavy (non-hydrogen) atoms. The molecule has 92 valence electrons. The summed E-state index contributed by atoms with van der Waals surface area (Å²) >= 11 is 0. The summed E-state index contributed by atoms with van der Waals surface area (Å²) in [5, 5.41) is 0. The van der Waals surface area contributed by atoms with Crippen LogP contribution in [0.3, 0.4) is 0 Å². The van der Waals surface area contributed by atoms with Crippen LogP contribution in [-0.2, 0) is 9.53 Å². The van der Waals surface area contributed by atoms with Crippen molar-refractivity contribution in [1.29, 1.82) is 0 Å². The Hall–Kier alpha value is -0.410. The minimum absolute atomic E-state index is 0.305. The van der Waals surface area contributed by atoms with Gasteiger partial charge < -0.3 is 4.74 Å². The smallest absolute Gasteiger partial charge is 0.137 e. The molecule has 1 saturated heterocycles. The first-order valence-electron chi connectivity index (χ1n) is 6.59. The van der Waals surface area contributed by atoms with Gasteiger partial charge in [-0.3, -0.25) is 9.69 Å². The summed E-state index contributed by atoms with van der Waals surface area (Å²) < 4.78 is 5.68. The van der Waals surface area contributed by atoms with Crippen LogP contribution in [0.15, 0.2) is 0 Å². The van der Waals surface area contributed by atoms with Gasteiger partial charge in [0.2, 0.25) is 0 Å². The summed E-state index contributed by atoms with van der Waals surface area (Å²) in [5.41, 5.74) is 0. The fraction of sp³-hybridized carbons (Fsp3) is 0.923. The maximum absolute atomic E-state index is 11.7. The van der Waals surface area contributed by atoms with Crippen molar-refractivity contribution in [3.63, 3.8) is 0 Å². The molecular formula is C13H23NO2. The number of ketones is 1. The van der Waals surface area contributed by atoms with E-state index in [1.807, 2.05) is 0 Å². The zero-order valence-corrected chi connectivity index (χ0v) is 10.4. The first-order valence-corrected chi connectivity index (χ1v) is 6.59. The van der Waals surface area contributed by atoms with Gasteiger partial charge in [-0.1, -0.05) is 6.92 Å². The summed E-state index contributed by atoms with van der Waals surface area (Å²) in [6.45, 7) is 7.11. The Balaban J connectivity index is 1.92. The van der Waals surface area contributed by atoms with Gasteiger partial charge in [-0.2, -0.15) is 0 Å². The fourth-order valence-corrected chi connectivity index (χ4v) is 2.88. The maximum atomic E-state index is 11.7. The van der Waals surface area contributed by atoms with E-state index in [-0.39, 0.29) is 0 Å². The van der Waals surface area contributed by atoms with Crippen LogP contribution in [0.1, 0.15) is 39.5 Å². The lowest BCUT2D eigenvalue weighted by atomic mass is 10.0. The van der Waals surface area contributed by atoms with Crippen LogP contribution in [0.25, 0.3) is 0 Å². The average molecular weight is 225 g/mol. The van der Waals surface area contributed by atoms with Gasteiger partial charge in [0.15, 0.2) is 0 Å². The molecule has 1 aliphatic carbocycles. The van der Waals surface area contributed by atoms with Crippen molar-refractivity contribution in [1.82, 2.24) is 4.90 Å². The molecular weight excluding hydrogens is 202 g/mol. The second-order valence-corrected chi connectivity index (χ2v) is 5.22. The van der Waals surface area contributed by atoms with E-state index in [1.165, 1.54) is 0 Å². The van der Waals surface area contributed by atoms with E-state index in [9.17, 15) is 4.79 Å². The molecule has 0 aromatic rings. The summed E-state index contributed by atoms with van der Waals surface area (Å²) in [6, 6.07) is 0.518. The number of rotatable bonds is 3. The molecule has 0 radical (unpaired) electrons. The Morgan fingerprint density at radius 2 is 2.31 bits per heavy atom. The predicted octanol–water partition coefficient (Wildman–Crippen LogP) is 1.85. The van der Waals surface area contributed by atoms with Crippen molar-refractivity contribution in [3.05, 3.63) is 0 Å². The Kier molecular flexibility index (Phi) is 3.98. The van der Waals surface area contributed by atoms with Gasteiger partial charge in [0.05, 0.1) is 12.7 Å². The zero-order valence-electron chi connectivity index (χ0n) is 10.4. The number of ether oxygens (including phenoxy) is 1. The van der Waals surface area contributed by atoms with Crippen LogP contribution in [0, 0.1) is 5.92 Å². The highest BCUT2D eigenvalue weighted by Gasteiger charge is 2.31. The van der Waals surface area contributed by atoms with Crippen molar-refractivity contribution in [2.24, 2.45) is 5.92 Å². The van der Waals surface area contributed by atoms with E-state index in [1.54, 1.807) is 0 Å². The lowest BCUT2D eigenvalue weighted by Crippen LogP contribution is -2.50. The number of hydrogen-bond acceptors (Lipinski definition) is 3. The molecule has 2 rings (SSSR count). The molecule has 3 nitrogen and oxygen atoms in total. The van der Waals surface area contributed by atoms with Crippen molar-refractivity contribution in [2.75, 3.05) is 19.7 Å². The van der Waals surface area contributed by atoms with Gasteiger partial charge in [-0.05, 0) is 26.2 Å². The third-order valence-corrected chi connectivity index (χ3v) is 3.94. The van der Waals surface area contributed by atoms with Gasteiger partial charge >= 0.3 is 0 Å². The van der Waals surface area contributed by atoms with E-state index in [2.05, 4.69) is 18.7 Å². The fourth-order valence-electron chi connectivity index (χ4n) is 2.88. The normalized spacial score (nSPS) is 36.9. The molecule has 0 spiro atoms. The number of morpholine rings is 1. The molecule has 0 aromatic carbocycles. The third kappa shape index (κ3) is 2.64. The first kappa shape index (κ1) is 12.1. The maximum Gasteiger partial charge on any atom is 0.137 e. The molecule has 1 aliphatic heterocycles. The van der Waals surface area contributed by atoms with Crippen LogP contribution in [0.5, 0.6) is 0 Å². The number of nitrogens with zero attached hydrogens (tertiary/aromatic N) is 1. The van der Waals surface area contributed by atoms with Gasteiger partial charge in [0.25, 0.3) is 0 Å². The molecule has 1 heterocycles. The highest BCUT2D eigenvalue weighted by Crippen LogP contribution is 2.25. The monoisotopic (exact) mass is 225 g/mol. The second kappa shape index (κ2) is 5.28. The van der Waals surface area contributed by atoms with Gasteiger partial charge in [0, 0.05) is 31.5 Å². The predicted molar refractivity (Wildman–Crippen MR) is 63.4 cm³/mol. The Labute approximate surface area is 98.1 Å². The highest BCUT2D eigenvalue weighted by molar-refractivity contribution is 5.83. The molecule has 2 fully saturated rings. The van der Waals surface area contributed by atoms with E-state index < -0.39 is 0 Å². The van der Waals surface area contributed by atoms with Gasteiger partial charge in [-0.25, -0.2) is 0 Å². The number of Topliss-reactive ketones (excluding diaryl/α,β-unsaturated/α-hetero) is 1. The van der Waals surface area contributed by atoms with E-state index in [4.69, 9.17) is 4.74 Å². The summed E-state index contributed by atoms with van der Waals surface area (Å²) in [6.07, 6.45) is 4.44. The van der Waals surface area contributed by atoms with Crippen LogP contribution < -0.4 is 0 Å². The molecule has 3 unspecified atom stereocenters. The number of hydrogen-bond donors (Lipinski definition) is 0. The standard InChI is InChI=1S/C13H23NO2/c1-3-12-9-16-10(2)7-14(12)8-11-5-4-6-13(11)15/h10-12H,3-9H2,1-2H3. The largest absolute Gasteiger partial charge is 0.376 e. The molecule has 2 aliphatic rings. The topological polar surface area (TPSA) is 29.5 Å². The molecule has 3 heteroatoms. The van der Waals surface area contributed by atoms with Crippen LogP contribution in [0.2, 0.25) is 0 Å². The van der Waals surface area contributed by atoms with Crippen LogP contribution in [0.4, 0.5) is 0 Å². The Morgan fingerprint density at radius 1 is 1.50 bits per heavy atom. The lowest BCUT2D eigenvalue weighted by Gasteiger charge is -2.39. The van der Waals surface area contributed by atoms with Gasteiger partial charge in [-0.15, -0.1) is 0 Å². The van der Waals surface area contributed by atoms with Crippen molar-refractivity contribution in [3.8, 4) is 0 Å². The Bertz CT molecular complexity index is 254. The molecule has 3 atom stereocenters. The molecule has 0 amide bonds. The van der Waals surface area contributed by atoms with E-state index in [0.29, 0.717) is 23.8 Å². The number of carbonyl (C=O) groups is 1. The summed E-state index contributed by atoms with van der Waals surface area (Å²) in [5.74, 6) is 0.786. The van der Waals surface area contributed by atoms with Crippen molar-refractivity contribution in [2.45, 2.75) is 51.7 Å². The van der Waals surface area contributed by atoms with E-state index >= 15 is 0 Å². The average Bonchev–Trinajstić information content (AvgIpc) is 2.65.